The smallest absolute Gasteiger partial charge is 0.256 e. The fourth-order valence-electron chi connectivity index (χ4n) is 4.72. The number of aryl methyl sites for hydroxylation is 1. The zero-order chi connectivity index (χ0) is 21.4. The first-order valence-electron chi connectivity index (χ1n) is 10.5. The lowest BCUT2D eigenvalue weighted by atomic mass is 9.76. The molecule has 3 atom stereocenters. The Morgan fingerprint density at radius 3 is 2.71 bits per heavy atom. The number of nitrogens with zero attached hydrogens (tertiary/aromatic N) is 5. The quantitative estimate of drug-likeness (QED) is 0.607. The van der Waals surface area contributed by atoms with Crippen LogP contribution in [0.25, 0.3) is 11.5 Å². The molecule has 0 aromatic carbocycles. The Balaban J connectivity index is 1.44. The number of halogens is 1. The van der Waals surface area contributed by atoms with Crippen LogP contribution < -0.4 is 5.32 Å². The molecule has 2 bridgehead atoms. The molecule has 3 unspecified atom stereocenters. The summed E-state index contributed by atoms with van der Waals surface area (Å²) in [4.78, 5) is 33.4. The highest BCUT2D eigenvalue weighted by atomic mass is 79.9. The summed E-state index contributed by atoms with van der Waals surface area (Å²) < 4.78 is 0.947. The monoisotopic (exact) mass is 478 g/mol. The molecular weight excluding hydrogens is 456 g/mol. The third-order valence-electron chi connectivity index (χ3n) is 6.13. The van der Waals surface area contributed by atoms with Crippen LogP contribution in [0.3, 0.4) is 0 Å². The SMILES string of the molecule is Cc1cnc(-c2ncccn2)c(C(=O)N2CC3CCC2C(Nc2ccc(Br)cn2)C3)c1. The maximum atomic E-state index is 13.8. The topological polar surface area (TPSA) is 83.9 Å². The number of piperidine rings is 2. The summed E-state index contributed by atoms with van der Waals surface area (Å²) in [6.45, 7) is 2.73. The molecule has 1 saturated carbocycles. The highest BCUT2D eigenvalue weighted by Crippen LogP contribution is 2.38. The summed E-state index contributed by atoms with van der Waals surface area (Å²) in [5.41, 5.74) is 2.05. The van der Waals surface area contributed by atoms with Crippen LogP contribution in [0.1, 0.15) is 35.2 Å². The average Bonchev–Trinajstić information content (AvgIpc) is 2.81. The van der Waals surface area contributed by atoms with Crippen LogP contribution in [0.15, 0.2) is 53.5 Å². The van der Waals surface area contributed by atoms with Gasteiger partial charge in [0.15, 0.2) is 5.82 Å². The van der Waals surface area contributed by atoms with Crippen LogP contribution >= 0.6 is 15.9 Å². The number of hydrogen-bond acceptors (Lipinski definition) is 6. The van der Waals surface area contributed by atoms with Crippen molar-refractivity contribution in [1.29, 1.82) is 0 Å². The molecular formula is C23H23BrN6O. The van der Waals surface area contributed by atoms with Crippen molar-refractivity contribution in [2.24, 2.45) is 5.92 Å². The van der Waals surface area contributed by atoms with Gasteiger partial charge in [0.1, 0.15) is 11.5 Å². The average molecular weight is 479 g/mol. The van der Waals surface area contributed by atoms with E-state index in [0.717, 1.165) is 41.7 Å². The van der Waals surface area contributed by atoms with Crippen LogP contribution in [-0.4, -0.2) is 49.4 Å². The Hall–Kier alpha value is -2.87. The van der Waals surface area contributed by atoms with E-state index in [1.807, 2.05) is 30.0 Å². The number of anilines is 1. The molecule has 2 aliphatic heterocycles. The summed E-state index contributed by atoms with van der Waals surface area (Å²) in [7, 11) is 0. The van der Waals surface area contributed by atoms with Gasteiger partial charge in [-0.25, -0.2) is 15.0 Å². The fraction of sp³-hybridized carbons (Fsp3) is 0.348. The van der Waals surface area contributed by atoms with E-state index in [0.29, 0.717) is 23.0 Å². The standard InChI is InChI=1S/C23H23BrN6O/c1-14-9-17(21(28-11-14)22-25-7-2-8-26-22)23(31)30-13-15-3-5-19(30)18(10-15)29-20-6-4-16(24)12-27-20/h2,4,6-9,11-12,15,18-19H,3,5,10,13H2,1H3,(H,27,29). The number of amides is 1. The largest absolute Gasteiger partial charge is 0.365 e. The number of pyridine rings is 2. The molecule has 3 fully saturated rings. The van der Waals surface area contributed by atoms with E-state index in [9.17, 15) is 4.79 Å². The third kappa shape index (κ3) is 4.04. The van der Waals surface area contributed by atoms with Crippen LogP contribution in [-0.2, 0) is 0 Å². The highest BCUT2D eigenvalue weighted by Gasteiger charge is 2.43. The molecule has 6 rings (SSSR count). The van der Waals surface area contributed by atoms with E-state index < -0.39 is 0 Å². The summed E-state index contributed by atoms with van der Waals surface area (Å²) in [5.74, 6) is 1.80. The second kappa shape index (κ2) is 8.34. The van der Waals surface area contributed by atoms with Crippen molar-refractivity contribution in [2.45, 2.75) is 38.3 Å². The number of hydrogen-bond donors (Lipinski definition) is 1. The second-order valence-electron chi connectivity index (χ2n) is 8.30. The Labute approximate surface area is 189 Å². The number of fused-ring (bicyclic) bond motifs is 3. The summed E-state index contributed by atoms with van der Waals surface area (Å²) in [6, 6.07) is 7.90. The molecule has 158 valence electrons. The molecule has 2 saturated heterocycles. The minimum atomic E-state index is 0.00335. The van der Waals surface area contributed by atoms with Crippen molar-refractivity contribution >= 4 is 27.7 Å². The minimum absolute atomic E-state index is 0.00335. The van der Waals surface area contributed by atoms with Gasteiger partial charge in [-0.15, -0.1) is 0 Å². The first-order chi connectivity index (χ1) is 15.1. The van der Waals surface area contributed by atoms with E-state index >= 15 is 0 Å². The van der Waals surface area contributed by atoms with E-state index in [1.165, 1.54) is 0 Å². The van der Waals surface area contributed by atoms with Crippen LogP contribution in [0.4, 0.5) is 5.82 Å². The van der Waals surface area contributed by atoms with E-state index in [2.05, 4.69) is 41.2 Å². The fourth-order valence-corrected chi connectivity index (χ4v) is 4.95. The maximum Gasteiger partial charge on any atom is 0.256 e. The molecule has 1 aliphatic carbocycles. The van der Waals surface area contributed by atoms with Gasteiger partial charge >= 0.3 is 0 Å². The van der Waals surface area contributed by atoms with Crippen molar-refractivity contribution in [3.05, 3.63) is 64.7 Å². The molecule has 3 aromatic heterocycles. The Morgan fingerprint density at radius 2 is 1.97 bits per heavy atom. The molecule has 5 heterocycles. The van der Waals surface area contributed by atoms with Crippen LogP contribution in [0.2, 0.25) is 0 Å². The van der Waals surface area contributed by atoms with E-state index in [-0.39, 0.29) is 18.0 Å². The number of aromatic nitrogens is 4. The third-order valence-corrected chi connectivity index (χ3v) is 6.60. The first-order valence-corrected chi connectivity index (χ1v) is 11.3. The van der Waals surface area contributed by atoms with Gasteiger partial charge in [0.25, 0.3) is 5.91 Å². The van der Waals surface area contributed by atoms with Crippen LogP contribution in [0, 0.1) is 12.8 Å². The predicted molar refractivity (Wildman–Crippen MR) is 122 cm³/mol. The van der Waals surface area contributed by atoms with Gasteiger partial charge in [-0.3, -0.25) is 9.78 Å². The Bertz CT molecular complexity index is 1090. The van der Waals surface area contributed by atoms with Crippen LogP contribution in [0.5, 0.6) is 0 Å². The number of carbonyl (C=O) groups excluding carboxylic acids is 1. The summed E-state index contributed by atoms with van der Waals surface area (Å²) in [5, 5.41) is 3.57. The van der Waals surface area contributed by atoms with Crippen molar-refractivity contribution in [2.75, 3.05) is 11.9 Å². The predicted octanol–water partition coefficient (Wildman–Crippen LogP) is 4.11. The van der Waals surface area contributed by atoms with Gasteiger partial charge < -0.3 is 10.2 Å². The molecule has 0 radical (unpaired) electrons. The van der Waals surface area contributed by atoms with Crippen molar-refractivity contribution in [1.82, 2.24) is 24.8 Å². The molecule has 3 aromatic rings. The minimum Gasteiger partial charge on any atom is -0.365 e. The molecule has 7 nitrogen and oxygen atoms in total. The molecule has 1 amide bonds. The first kappa shape index (κ1) is 20.1. The normalized spacial score (nSPS) is 22.4. The van der Waals surface area contributed by atoms with Gasteiger partial charge in [-0.05, 0) is 77.9 Å². The van der Waals surface area contributed by atoms with Gasteiger partial charge in [0, 0.05) is 41.8 Å². The van der Waals surface area contributed by atoms with Crippen molar-refractivity contribution < 1.29 is 4.79 Å². The maximum absolute atomic E-state index is 13.8. The van der Waals surface area contributed by atoms with E-state index in [1.54, 1.807) is 30.9 Å². The Morgan fingerprint density at radius 1 is 1.13 bits per heavy atom. The van der Waals surface area contributed by atoms with Gasteiger partial charge in [0.05, 0.1) is 11.6 Å². The number of nitrogens with one attached hydrogen (secondary N) is 1. The summed E-state index contributed by atoms with van der Waals surface area (Å²) >= 11 is 3.43. The molecule has 3 aliphatic rings. The zero-order valence-electron chi connectivity index (χ0n) is 17.2. The number of rotatable bonds is 4. The molecule has 31 heavy (non-hydrogen) atoms. The zero-order valence-corrected chi connectivity index (χ0v) is 18.8. The Kier molecular flexibility index (Phi) is 5.40. The lowest BCUT2D eigenvalue weighted by Gasteiger charge is -2.50. The molecule has 1 N–H and O–H groups in total. The lowest BCUT2D eigenvalue weighted by molar-refractivity contribution is 0.0282. The molecule has 8 heteroatoms. The van der Waals surface area contributed by atoms with Gasteiger partial charge in [-0.1, -0.05) is 0 Å². The highest BCUT2D eigenvalue weighted by molar-refractivity contribution is 9.10. The van der Waals surface area contributed by atoms with Crippen molar-refractivity contribution in [3.8, 4) is 11.5 Å². The van der Waals surface area contributed by atoms with Gasteiger partial charge in [-0.2, -0.15) is 0 Å². The van der Waals surface area contributed by atoms with E-state index in [4.69, 9.17) is 0 Å². The van der Waals surface area contributed by atoms with Gasteiger partial charge in [0.2, 0.25) is 0 Å². The lowest BCUT2D eigenvalue weighted by Crippen LogP contribution is -2.59. The van der Waals surface area contributed by atoms with Crippen molar-refractivity contribution in [3.63, 3.8) is 0 Å². The summed E-state index contributed by atoms with van der Waals surface area (Å²) in [6.07, 6.45) is 10.1. The number of carbonyl (C=O) groups is 1. The molecule has 0 spiro atoms. The second-order valence-corrected chi connectivity index (χ2v) is 9.21.